The summed E-state index contributed by atoms with van der Waals surface area (Å²) >= 11 is 1.78. The fourth-order valence-corrected chi connectivity index (χ4v) is 2.56. The van der Waals surface area contributed by atoms with E-state index < -0.39 is 0 Å². The lowest BCUT2D eigenvalue weighted by molar-refractivity contribution is 0.413. The summed E-state index contributed by atoms with van der Waals surface area (Å²) in [5.41, 5.74) is 3.00. The number of methoxy groups -OCH3 is 1. The van der Waals surface area contributed by atoms with E-state index in [4.69, 9.17) is 10.00 Å². The van der Waals surface area contributed by atoms with Gasteiger partial charge < -0.3 is 4.74 Å². The van der Waals surface area contributed by atoms with Gasteiger partial charge in [0.15, 0.2) is 0 Å². The van der Waals surface area contributed by atoms with Gasteiger partial charge in [0, 0.05) is 10.6 Å². The second kappa shape index (κ2) is 6.31. The highest BCUT2D eigenvalue weighted by atomic mass is 32.2. The molecule has 2 aromatic carbocycles. The maximum atomic E-state index is 8.94. The Labute approximate surface area is 118 Å². The number of nitriles is 1. The van der Waals surface area contributed by atoms with Crippen molar-refractivity contribution in [2.24, 2.45) is 0 Å². The maximum absolute atomic E-state index is 8.94. The van der Waals surface area contributed by atoms with Crippen LogP contribution in [0.25, 0.3) is 0 Å². The summed E-state index contributed by atoms with van der Waals surface area (Å²) in [5.74, 6) is 1.51. The van der Waals surface area contributed by atoms with Crippen LogP contribution in [-0.4, -0.2) is 7.11 Å². The van der Waals surface area contributed by atoms with Crippen LogP contribution in [0.4, 0.5) is 0 Å². The van der Waals surface area contributed by atoms with Gasteiger partial charge in [-0.05, 0) is 36.8 Å². The lowest BCUT2D eigenvalue weighted by Crippen LogP contribution is -1.90. The number of hydrogen-bond acceptors (Lipinski definition) is 3. The Morgan fingerprint density at radius 2 is 1.89 bits per heavy atom. The molecule has 0 radical (unpaired) electrons. The number of aryl methyl sites for hydroxylation is 1. The first-order valence-electron chi connectivity index (χ1n) is 5.99. The fraction of sp³-hybridized carbons (Fsp3) is 0.188. The average molecular weight is 269 g/mol. The first-order valence-corrected chi connectivity index (χ1v) is 6.98. The quantitative estimate of drug-likeness (QED) is 0.781. The van der Waals surface area contributed by atoms with Gasteiger partial charge in [0.2, 0.25) is 0 Å². The molecule has 0 aliphatic heterocycles. The molecule has 0 atom stereocenters. The van der Waals surface area contributed by atoms with Gasteiger partial charge in [-0.3, -0.25) is 0 Å². The predicted molar refractivity (Wildman–Crippen MR) is 78.4 cm³/mol. The van der Waals surface area contributed by atoms with Crippen LogP contribution in [0.5, 0.6) is 5.75 Å². The Hall–Kier alpha value is -1.92. The molecule has 2 rings (SSSR count). The molecule has 0 saturated carbocycles. The summed E-state index contributed by atoms with van der Waals surface area (Å²) in [4.78, 5) is 1.24. The highest BCUT2D eigenvalue weighted by molar-refractivity contribution is 7.98. The molecule has 2 aromatic rings. The van der Waals surface area contributed by atoms with Crippen LogP contribution in [0, 0.1) is 18.3 Å². The van der Waals surface area contributed by atoms with Crippen molar-refractivity contribution in [2.75, 3.05) is 7.11 Å². The topological polar surface area (TPSA) is 33.0 Å². The summed E-state index contributed by atoms with van der Waals surface area (Å²) in [6.07, 6.45) is 0. The van der Waals surface area contributed by atoms with Crippen molar-refractivity contribution >= 4 is 11.8 Å². The second-order valence-electron chi connectivity index (χ2n) is 4.25. The number of nitrogens with zero attached hydrogens (tertiary/aromatic N) is 1. The number of rotatable bonds is 4. The Bertz CT molecular complexity index is 599. The molecule has 0 aliphatic rings. The van der Waals surface area contributed by atoms with Crippen LogP contribution in [0.3, 0.4) is 0 Å². The minimum absolute atomic E-state index is 0.576. The molecule has 0 N–H and O–H groups in total. The Morgan fingerprint density at radius 1 is 1.16 bits per heavy atom. The van der Waals surface area contributed by atoms with Crippen LogP contribution in [0.2, 0.25) is 0 Å². The van der Waals surface area contributed by atoms with Gasteiger partial charge >= 0.3 is 0 Å². The van der Waals surface area contributed by atoms with E-state index in [1.54, 1.807) is 18.9 Å². The predicted octanol–water partition coefficient (Wildman–Crippen LogP) is 4.17. The monoisotopic (exact) mass is 269 g/mol. The number of hydrogen-bond donors (Lipinski definition) is 0. The minimum atomic E-state index is 0.576. The largest absolute Gasteiger partial charge is 0.495 e. The zero-order valence-corrected chi connectivity index (χ0v) is 11.8. The smallest absolute Gasteiger partial charge is 0.136 e. The first-order chi connectivity index (χ1) is 9.22. The van der Waals surface area contributed by atoms with Gasteiger partial charge in [0.05, 0.1) is 12.7 Å². The molecule has 0 spiro atoms. The van der Waals surface area contributed by atoms with Crippen LogP contribution < -0.4 is 4.74 Å². The molecule has 0 fully saturated rings. The van der Waals surface area contributed by atoms with Crippen molar-refractivity contribution in [3.05, 3.63) is 59.2 Å². The van der Waals surface area contributed by atoms with Crippen LogP contribution in [0.1, 0.15) is 16.7 Å². The maximum Gasteiger partial charge on any atom is 0.136 e. The van der Waals surface area contributed by atoms with Crippen molar-refractivity contribution in [2.45, 2.75) is 17.6 Å². The zero-order chi connectivity index (χ0) is 13.7. The first kappa shape index (κ1) is 13.5. The Balaban J connectivity index is 2.07. The molecular formula is C16H15NOS. The van der Waals surface area contributed by atoms with Gasteiger partial charge in [0.1, 0.15) is 11.8 Å². The minimum Gasteiger partial charge on any atom is -0.495 e. The van der Waals surface area contributed by atoms with Crippen LogP contribution in [-0.2, 0) is 5.75 Å². The lowest BCUT2D eigenvalue weighted by atomic mass is 10.1. The van der Waals surface area contributed by atoms with E-state index in [2.05, 4.69) is 37.3 Å². The van der Waals surface area contributed by atoms with Crippen molar-refractivity contribution < 1.29 is 4.74 Å². The molecule has 0 aliphatic carbocycles. The van der Waals surface area contributed by atoms with Gasteiger partial charge in [-0.25, -0.2) is 0 Å². The lowest BCUT2D eigenvalue weighted by Gasteiger charge is -2.06. The molecule has 0 saturated heterocycles. The highest BCUT2D eigenvalue weighted by Gasteiger charge is 2.04. The van der Waals surface area contributed by atoms with E-state index in [1.165, 1.54) is 10.5 Å². The molecule has 96 valence electrons. The van der Waals surface area contributed by atoms with E-state index in [0.717, 1.165) is 11.3 Å². The van der Waals surface area contributed by atoms with Crippen molar-refractivity contribution in [3.8, 4) is 11.8 Å². The molecule has 0 amide bonds. The Kier molecular flexibility index (Phi) is 4.48. The normalized spacial score (nSPS) is 9.95. The zero-order valence-electron chi connectivity index (χ0n) is 11.0. The molecular weight excluding hydrogens is 254 g/mol. The molecule has 3 heteroatoms. The molecule has 19 heavy (non-hydrogen) atoms. The van der Waals surface area contributed by atoms with E-state index in [9.17, 15) is 0 Å². The third-order valence-electron chi connectivity index (χ3n) is 2.81. The van der Waals surface area contributed by atoms with Crippen LogP contribution >= 0.6 is 11.8 Å². The van der Waals surface area contributed by atoms with Crippen molar-refractivity contribution in [1.29, 1.82) is 5.26 Å². The van der Waals surface area contributed by atoms with E-state index >= 15 is 0 Å². The molecule has 0 bridgehead atoms. The molecule has 2 nitrogen and oxygen atoms in total. The summed E-state index contributed by atoms with van der Waals surface area (Å²) in [5, 5.41) is 8.94. The summed E-state index contributed by atoms with van der Waals surface area (Å²) in [7, 11) is 1.59. The van der Waals surface area contributed by atoms with E-state index in [-0.39, 0.29) is 0 Å². The third-order valence-corrected chi connectivity index (χ3v) is 3.90. The molecule has 0 heterocycles. The number of thioether (sulfide) groups is 1. The number of benzene rings is 2. The second-order valence-corrected chi connectivity index (χ2v) is 5.30. The standard InChI is InChI=1S/C16H15NOS/c1-12-3-7-15(8-4-12)19-11-13-5-6-14(10-17)16(9-13)18-2/h3-9H,11H2,1-2H3. The average Bonchev–Trinajstić information content (AvgIpc) is 2.46. The van der Waals surface area contributed by atoms with Gasteiger partial charge in [-0.2, -0.15) is 5.26 Å². The van der Waals surface area contributed by atoms with Gasteiger partial charge in [0.25, 0.3) is 0 Å². The van der Waals surface area contributed by atoms with Crippen molar-refractivity contribution in [1.82, 2.24) is 0 Å². The fourth-order valence-electron chi connectivity index (χ4n) is 1.72. The van der Waals surface area contributed by atoms with Gasteiger partial charge in [-0.15, -0.1) is 11.8 Å². The summed E-state index contributed by atoms with van der Waals surface area (Å²) in [6, 6.07) is 16.3. The Morgan fingerprint density at radius 3 is 2.53 bits per heavy atom. The third kappa shape index (κ3) is 3.52. The number of ether oxygens (including phenoxy) is 1. The van der Waals surface area contributed by atoms with E-state index in [0.29, 0.717) is 11.3 Å². The van der Waals surface area contributed by atoms with Gasteiger partial charge in [-0.1, -0.05) is 23.8 Å². The van der Waals surface area contributed by atoms with Crippen LogP contribution in [0.15, 0.2) is 47.4 Å². The summed E-state index contributed by atoms with van der Waals surface area (Å²) < 4.78 is 5.21. The van der Waals surface area contributed by atoms with Crippen molar-refractivity contribution in [3.63, 3.8) is 0 Å². The highest BCUT2D eigenvalue weighted by Crippen LogP contribution is 2.26. The van der Waals surface area contributed by atoms with E-state index in [1.807, 2.05) is 18.2 Å². The molecule has 0 aromatic heterocycles. The SMILES string of the molecule is COc1cc(CSc2ccc(C)cc2)ccc1C#N. The molecule has 0 unspecified atom stereocenters. The summed E-state index contributed by atoms with van der Waals surface area (Å²) in [6.45, 7) is 2.08.